The predicted octanol–water partition coefficient (Wildman–Crippen LogP) is -0.0402. The Bertz CT molecular complexity index is 737. The number of carbonyl (C=O) groups is 3. The van der Waals surface area contributed by atoms with Crippen LogP contribution < -0.4 is 10.6 Å². The molecule has 0 radical (unpaired) electrons. The van der Waals surface area contributed by atoms with E-state index in [4.69, 9.17) is 0 Å². The number of aromatic nitrogens is 4. The van der Waals surface area contributed by atoms with E-state index < -0.39 is 22.6 Å². The average Bonchev–Trinajstić information content (AvgIpc) is 2.92. The SMILES string of the molecule is CCC1(Sc2ncnc3nc[nH]c23)C(=O)NC(=O)NC1=O. The highest BCUT2D eigenvalue weighted by Crippen LogP contribution is 2.38. The molecule has 0 atom stereocenters. The van der Waals surface area contributed by atoms with E-state index in [9.17, 15) is 14.4 Å². The van der Waals surface area contributed by atoms with Crippen molar-refractivity contribution in [1.29, 1.82) is 0 Å². The molecule has 108 valence electrons. The second-order valence-corrected chi connectivity index (χ2v) is 5.59. The second-order valence-electron chi connectivity index (χ2n) is 4.30. The van der Waals surface area contributed by atoms with Gasteiger partial charge in [-0.2, -0.15) is 0 Å². The monoisotopic (exact) mass is 306 g/mol. The minimum atomic E-state index is -1.46. The lowest BCUT2D eigenvalue weighted by Crippen LogP contribution is -2.64. The first-order valence-corrected chi connectivity index (χ1v) is 6.88. The van der Waals surface area contributed by atoms with Crippen molar-refractivity contribution >= 4 is 40.8 Å². The van der Waals surface area contributed by atoms with E-state index in [1.807, 2.05) is 0 Å². The number of carbonyl (C=O) groups excluding carboxylic acids is 3. The number of barbiturate groups is 1. The molecule has 3 N–H and O–H groups in total. The van der Waals surface area contributed by atoms with Crippen LogP contribution in [0.1, 0.15) is 13.3 Å². The third-order valence-electron chi connectivity index (χ3n) is 3.14. The molecule has 3 rings (SSSR count). The van der Waals surface area contributed by atoms with E-state index in [0.29, 0.717) is 16.2 Å². The summed E-state index contributed by atoms with van der Waals surface area (Å²) in [5.74, 6) is -1.31. The van der Waals surface area contributed by atoms with Crippen molar-refractivity contribution in [3.8, 4) is 0 Å². The number of nitrogens with zero attached hydrogens (tertiary/aromatic N) is 3. The number of aromatic amines is 1. The molecule has 1 aliphatic heterocycles. The molecule has 0 aromatic carbocycles. The van der Waals surface area contributed by atoms with E-state index >= 15 is 0 Å². The number of fused-ring (bicyclic) bond motifs is 1. The summed E-state index contributed by atoms with van der Waals surface area (Å²) >= 11 is 0.966. The number of hydrogen-bond donors (Lipinski definition) is 3. The van der Waals surface area contributed by atoms with Gasteiger partial charge in [0.1, 0.15) is 16.9 Å². The van der Waals surface area contributed by atoms with Crippen molar-refractivity contribution in [2.45, 2.75) is 23.1 Å². The van der Waals surface area contributed by atoms with Gasteiger partial charge in [0, 0.05) is 0 Å². The molecule has 10 heteroatoms. The molecule has 1 saturated heterocycles. The third-order valence-corrected chi connectivity index (χ3v) is 4.66. The van der Waals surface area contributed by atoms with Gasteiger partial charge < -0.3 is 4.98 Å². The molecular formula is C11H10N6O3S. The smallest absolute Gasteiger partial charge is 0.328 e. The van der Waals surface area contributed by atoms with Crippen LogP contribution >= 0.6 is 11.8 Å². The minimum absolute atomic E-state index is 0.197. The fraction of sp³-hybridized carbons (Fsp3) is 0.273. The lowest BCUT2D eigenvalue weighted by Gasteiger charge is -2.31. The maximum Gasteiger partial charge on any atom is 0.328 e. The number of urea groups is 1. The second kappa shape index (κ2) is 4.81. The molecule has 21 heavy (non-hydrogen) atoms. The summed E-state index contributed by atoms with van der Waals surface area (Å²) in [5.41, 5.74) is 0.972. The molecule has 2 aromatic rings. The molecule has 2 aromatic heterocycles. The van der Waals surface area contributed by atoms with Gasteiger partial charge >= 0.3 is 6.03 Å². The van der Waals surface area contributed by atoms with Crippen molar-refractivity contribution < 1.29 is 14.4 Å². The number of hydrogen-bond acceptors (Lipinski definition) is 7. The molecule has 0 saturated carbocycles. The Hall–Kier alpha value is -2.49. The molecule has 1 fully saturated rings. The first-order chi connectivity index (χ1) is 10.1. The largest absolute Gasteiger partial charge is 0.341 e. The summed E-state index contributed by atoms with van der Waals surface area (Å²) in [6.07, 6.45) is 2.95. The van der Waals surface area contributed by atoms with Crippen molar-refractivity contribution in [3.63, 3.8) is 0 Å². The molecule has 1 aliphatic rings. The molecule has 0 spiro atoms. The third kappa shape index (κ3) is 2.03. The summed E-state index contributed by atoms with van der Waals surface area (Å²) in [6.45, 7) is 1.69. The van der Waals surface area contributed by atoms with Gasteiger partial charge in [-0.05, 0) is 6.42 Å². The summed E-state index contributed by atoms with van der Waals surface area (Å²) in [6, 6.07) is -0.816. The molecule has 0 unspecified atom stereocenters. The first kappa shape index (κ1) is 13.5. The Balaban J connectivity index is 2.04. The molecule has 3 heterocycles. The van der Waals surface area contributed by atoms with Gasteiger partial charge in [-0.15, -0.1) is 0 Å². The topological polar surface area (TPSA) is 130 Å². The number of nitrogens with one attached hydrogen (secondary N) is 3. The fourth-order valence-electron chi connectivity index (χ4n) is 2.01. The number of imide groups is 2. The van der Waals surface area contributed by atoms with Gasteiger partial charge in [0.25, 0.3) is 11.8 Å². The van der Waals surface area contributed by atoms with E-state index in [2.05, 4.69) is 30.6 Å². The fourth-order valence-corrected chi connectivity index (χ4v) is 3.13. The summed E-state index contributed by atoms with van der Waals surface area (Å²) < 4.78 is -1.46. The van der Waals surface area contributed by atoms with Gasteiger partial charge in [-0.3, -0.25) is 20.2 Å². The van der Waals surface area contributed by atoms with Crippen LogP contribution in [-0.2, 0) is 9.59 Å². The van der Waals surface area contributed by atoms with Crippen molar-refractivity contribution in [2.24, 2.45) is 0 Å². The number of amides is 4. The van der Waals surface area contributed by atoms with Crippen LogP contribution in [0, 0.1) is 0 Å². The molecular weight excluding hydrogens is 296 g/mol. The minimum Gasteiger partial charge on any atom is -0.341 e. The van der Waals surface area contributed by atoms with Gasteiger partial charge in [0.05, 0.1) is 6.33 Å². The molecule has 9 nitrogen and oxygen atoms in total. The highest BCUT2D eigenvalue weighted by atomic mass is 32.2. The van der Waals surface area contributed by atoms with Crippen LogP contribution in [-0.4, -0.2) is 42.5 Å². The number of imidazole rings is 1. The van der Waals surface area contributed by atoms with Gasteiger partial charge in [0.2, 0.25) is 0 Å². The summed E-state index contributed by atoms with van der Waals surface area (Å²) in [4.78, 5) is 50.5. The van der Waals surface area contributed by atoms with Gasteiger partial charge in [-0.1, -0.05) is 18.7 Å². The van der Waals surface area contributed by atoms with Crippen molar-refractivity contribution in [3.05, 3.63) is 12.7 Å². The summed E-state index contributed by atoms with van der Waals surface area (Å²) in [7, 11) is 0. The van der Waals surface area contributed by atoms with Crippen LogP contribution in [0.4, 0.5) is 4.79 Å². The molecule has 0 bridgehead atoms. The van der Waals surface area contributed by atoms with Crippen LogP contribution in [0.25, 0.3) is 11.2 Å². The Kier molecular flexibility index (Phi) is 3.09. The van der Waals surface area contributed by atoms with Crippen LogP contribution in [0.2, 0.25) is 0 Å². The van der Waals surface area contributed by atoms with E-state index in [0.717, 1.165) is 11.8 Å². The van der Waals surface area contributed by atoms with Crippen LogP contribution in [0.15, 0.2) is 17.7 Å². The highest BCUT2D eigenvalue weighted by Gasteiger charge is 2.50. The number of thioether (sulfide) groups is 1. The Morgan fingerprint density at radius 3 is 2.52 bits per heavy atom. The molecule has 4 amide bonds. The standard InChI is InChI=1S/C11H10N6O3S/c1-2-11(8(18)16-10(20)17-9(11)19)21-7-5-6(13-3-12-5)14-4-15-7/h3-4H,2H2,1H3,(H,12,13,14,15)(H2,16,17,18,19,20). The summed E-state index contributed by atoms with van der Waals surface area (Å²) in [5, 5.41) is 4.64. The zero-order valence-electron chi connectivity index (χ0n) is 10.8. The van der Waals surface area contributed by atoms with Gasteiger partial charge in [-0.25, -0.2) is 19.7 Å². The Labute approximate surface area is 122 Å². The van der Waals surface area contributed by atoms with Crippen LogP contribution in [0.3, 0.4) is 0 Å². The van der Waals surface area contributed by atoms with E-state index in [1.165, 1.54) is 12.7 Å². The Morgan fingerprint density at radius 2 is 1.86 bits per heavy atom. The van der Waals surface area contributed by atoms with Gasteiger partial charge in [0.15, 0.2) is 10.4 Å². The quantitative estimate of drug-likeness (QED) is 0.536. The maximum atomic E-state index is 12.2. The van der Waals surface area contributed by atoms with E-state index in [1.54, 1.807) is 6.92 Å². The zero-order chi connectivity index (χ0) is 15.0. The number of H-pyrrole nitrogens is 1. The lowest BCUT2D eigenvalue weighted by molar-refractivity contribution is -0.133. The van der Waals surface area contributed by atoms with Crippen LogP contribution in [0.5, 0.6) is 0 Å². The zero-order valence-corrected chi connectivity index (χ0v) is 11.7. The lowest BCUT2D eigenvalue weighted by atomic mass is 10.0. The first-order valence-electron chi connectivity index (χ1n) is 6.07. The maximum absolute atomic E-state index is 12.2. The highest BCUT2D eigenvalue weighted by molar-refractivity contribution is 8.02. The van der Waals surface area contributed by atoms with Crippen molar-refractivity contribution in [2.75, 3.05) is 0 Å². The Morgan fingerprint density at radius 1 is 1.14 bits per heavy atom. The van der Waals surface area contributed by atoms with Crippen molar-refractivity contribution in [1.82, 2.24) is 30.6 Å². The molecule has 0 aliphatic carbocycles. The van der Waals surface area contributed by atoms with E-state index in [-0.39, 0.29) is 6.42 Å². The number of rotatable bonds is 3. The predicted molar refractivity (Wildman–Crippen MR) is 72.2 cm³/mol. The normalized spacial score (nSPS) is 17.7. The average molecular weight is 306 g/mol.